The van der Waals surface area contributed by atoms with E-state index >= 15 is 0 Å². The van der Waals surface area contributed by atoms with Gasteiger partial charge in [-0.15, -0.1) is 11.3 Å². The van der Waals surface area contributed by atoms with Crippen molar-refractivity contribution in [3.8, 4) is 10.6 Å². The van der Waals surface area contributed by atoms with Gasteiger partial charge in [0, 0.05) is 47.0 Å². The van der Waals surface area contributed by atoms with Gasteiger partial charge in [0.2, 0.25) is 0 Å². The molecular formula is C16H19ClN2O2S. The van der Waals surface area contributed by atoms with Crippen LogP contribution >= 0.6 is 22.9 Å². The number of nitrogens with one attached hydrogen (secondary N) is 1. The second-order valence-electron chi connectivity index (χ2n) is 5.55. The van der Waals surface area contributed by atoms with Gasteiger partial charge in [-0.05, 0) is 25.0 Å². The normalized spacial score (nSPS) is 21.4. The maximum absolute atomic E-state index is 9.25. The number of rotatable bonds is 6. The third kappa shape index (κ3) is 3.67. The molecule has 0 saturated carbocycles. The number of hydrogen-bond donors (Lipinski definition) is 2. The largest absolute Gasteiger partial charge is 0.396 e. The molecule has 1 aliphatic heterocycles. The Labute approximate surface area is 139 Å². The molecule has 1 fully saturated rings. The molecule has 1 atom stereocenters. The molecule has 3 rings (SSSR count). The lowest BCUT2D eigenvalue weighted by molar-refractivity contribution is 0.146. The lowest BCUT2D eigenvalue weighted by Gasteiger charge is -2.27. The topological polar surface area (TPSA) is 54.4 Å². The molecule has 0 unspecified atom stereocenters. The number of hydrogen-bond acceptors (Lipinski definition) is 5. The molecule has 1 aromatic carbocycles. The summed E-state index contributed by atoms with van der Waals surface area (Å²) in [5.74, 6) is 0. The number of aliphatic hydroxyl groups is 1. The fraction of sp³-hybridized carbons (Fsp3) is 0.438. The Morgan fingerprint density at radius 2 is 2.18 bits per heavy atom. The van der Waals surface area contributed by atoms with Crippen molar-refractivity contribution in [1.29, 1.82) is 0 Å². The van der Waals surface area contributed by atoms with Crippen molar-refractivity contribution in [3.05, 3.63) is 40.4 Å². The lowest BCUT2D eigenvalue weighted by atomic mass is 9.95. The van der Waals surface area contributed by atoms with Gasteiger partial charge in [0.25, 0.3) is 0 Å². The molecule has 1 saturated heterocycles. The summed E-state index contributed by atoms with van der Waals surface area (Å²) < 4.78 is 5.49. The SMILES string of the molecule is OCC[C@@]1(NCc2cnc(-c3ccc(Cl)cc3)s2)CCOC1. The van der Waals surface area contributed by atoms with Crippen molar-refractivity contribution in [2.75, 3.05) is 19.8 Å². The first-order valence-electron chi connectivity index (χ1n) is 7.35. The molecule has 118 valence electrons. The fourth-order valence-electron chi connectivity index (χ4n) is 2.64. The monoisotopic (exact) mass is 338 g/mol. The summed E-state index contributed by atoms with van der Waals surface area (Å²) in [7, 11) is 0. The molecule has 2 N–H and O–H groups in total. The van der Waals surface area contributed by atoms with E-state index in [0.717, 1.165) is 41.6 Å². The van der Waals surface area contributed by atoms with E-state index in [1.54, 1.807) is 11.3 Å². The fourth-order valence-corrected chi connectivity index (χ4v) is 3.62. The van der Waals surface area contributed by atoms with E-state index in [1.165, 1.54) is 4.88 Å². The molecule has 0 spiro atoms. The molecule has 6 heteroatoms. The molecular weight excluding hydrogens is 320 g/mol. The number of benzene rings is 1. The van der Waals surface area contributed by atoms with E-state index in [1.807, 2.05) is 30.5 Å². The summed E-state index contributed by atoms with van der Waals surface area (Å²) >= 11 is 7.58. The summed E-state index contributed by atoms with van der Waals surface area (Å²) in [4.78, 5) is 5.66. The Morgan fingerprint density at radius 1 is 1.36 bits per heavy atom. The molecule has 0 bridgehead atoms. The second-order valence-corrected chi connectivity index (χ2v) is 7.10. The van der Waals surface area contributed by atoms with Crippen LogP contribution in [-0.4, -0.2) is 35.5 Å². The van der Waals surface area contributed by atoms with Gasteiger partial charge < -0.3 is 15.2 Å². The first-order chi connectivity index (χ1) is 10.7. The third-order valence-electron chi connectivity index (χ3n) is 3.98. The van der Waals surface area contributed by atoms with Crippen LogP contribution < -0.4 is 5.32 Å². The van der Waals surface area contributed by atoms with Gasteiger partial charge in [-0.2, -0.15) is 0 Å². The maximum atomic E-state index is 9.25. The standard InChI is InChI=1S/C16H19ClN2O2S/c17-13-3-1-12(2-4-13)15-18-9-14(22-15)10-19-16(5-7-20)6-8-21-11-16/h1-4,9,19-20H,5-8,10-11H2/t16-/m1/s1. The van der Waals surface area contributed by atoms with Gasteiger partial charge in [-0.3, -0.25) is 0 Å². The van der Waals surface area contributed by atoms with Gasteiger partial charge in [0.05, 0.1) is 6.61 Å². The first-order valence-corrected chi connectivity index (χ1v) is 8.54. The lowest BCUT2D eigenvalue weighted by Crippen LogP contribution is -2.46. The third-order valence-corrected chi connectivity index (χ3v) is 5.27. The van der Waals surface area contributed by atoms with Crippen LogP contribution in [-0.2, 0) is 11.3 Å². The number of aromatic nitrogens is 1. The molecule has 4 nitrogen and oxygen atoms in total. The summed E-state index contributed by atoms with van der Waals surface area (Å²) in [5.41, 5.74) is 0.981. The maximum Gasteiger partial charge on any atom is 0.123 e. The Bertz CT molecular complexity index is 609. The van der Waals surface area contributed by atoms with Crippen molar-refractivity contribution in [2.24, 2.45) is 0 Å². The van der Waals surface area contributed by atoms with Gasteiger partial charge in [-0.25, -0.2) is 4.98 Å². The Balaban J connectivity index is 1.65. The smallest absolute Gasteiger partial charge is 0.123 e. The summed E-state index contributed by atoms with van der Waals surface area (Å²) in [6, 6.07) is 7.72. The molecule has 0 aliphatic carbocycles. The van der Waals surface area contributed by atoms with Crippen LogP contribution in [0.3, 0.4) is 0 Å². The van der Waals surface area contributed by atoms with Crippen LogP contribution in [0, 0.1) is 0 Å². The summed E-state index contributed by atoms with van der Waals surface area (Å²) in [6.45, 7) is 2.34. The highest BCUT2D eigenvalue weighted by molar-refractivity contribution is 7.15. The molecule has 2 heterocycles. The van der Waals surface area contributed by atoms with E-state index in [9.17, 15) is 5.11 Å². The number of aliphatic hydroxyl groups excluding tert-OH is 1. The van der Waals surface area contributed by atoms with Crippen molar-refractivity contribution < 1.29 is 9.84 Å². The van der Waals surface area contributed by atoms with Crippen molar-refractivity contribution in [3.63, 3.8) is 0 Å². The predicted molar refractivity (Wildman–Crippen MR) is 89.3 cm³/mol. The van der Waals surface area contributed by atoms with Crippen molar-refractivity contribution in [1.82, 2.24) is 10.3 Å². The summed E-state index contributed by atoms with van der Waals surface area (Å²) in [5, 5.41) is 14.5. The van der Waals surface area contributed by atoms with E-state index in [0.29, 0.717) is 6.61 Å². The zero-order valence-corrected chi connectivity index (χ0v) is 13.8. The predicted octanol–water partition coefficient (Wildman–Crippen LogP) is 3.09. The Kier molecular flexibility index (Phi) is 5.10. The average Bonchev–Trinajstić information content (AvgIpc) is 3.16. The number of thiazole rings is 1. The first kappa shape index (κ1) is 15.9. The minimum atomic E-state index is -0.0980. The number of nitrogens with zero attached hydrogens (tertiary/aromatic N) is 1. The number of ether oxygens (including phenoxy) is 1. The van der Waals surface area contributed by atoms with Crippen molar-refractivity contribution in [2.45, 2.75) is 24.9 Å². The van der Waals surface area contributed by atoms with E-state index in [4.69, 9.17) is 16.3 Å². The highest BCUT2D eigenvalue weighted by Crippen LogP contribution is 2.28. The highest BCUT2D eigenvalue weighted by atomic mass is 35.5. The second kappa shape index (κ2) is 7.06. The molecule has 22 heavy (non-hydrogen) atoms. The van der Waals surface area contributed by atoms with Crippen LogP contribution in [0.1, 0.15) is 17.7 Å². The Hall–Kier alpha value is -0.980. The van der Waals surface area contributed by atoms with Gasteiger partial charge in [0.1, 0.15) is 5.01 Å². The zero-order chi connectivity index (χ0) is 15.4. The van der Waals surface area contributed by atoms with E-state index in [-0.39, 0.29) is 12.1 Å². The van der Waals surface area contributed by atoms with Crippen LogP contribution in [0.2, 0.25) is 5.02 Å². The Morgan fingerprint density at radius 3 is 2.86 bits per heavy atom. The summed E-state index contributed by atoms with van der Waals surface area (Å²) in [6.07, 6.45) is 3.57. The molecule has 0 amide bonds. The van der Waals surface area contributed by atoms with Gasteiger partial charge in [0.15, 0.2) is 0 Å². The molecule has 2 aromatic rings. The van der Waals surface area contributed by atoms with Crippen LogP contribution in [0.15, 0.2) is 30.5 Å². The minimum absolute atomic E-state index is 0.0980. The molecule has 1 aromatic heterocycles. The van der Waals surface area contributed by atoms with Crippen LogP contribution in [0.25, 0.3) is 10.6 Å². The highest BCUT2D eigenvalue weighted by Gasteiger charge is 2.33. The van der Waals surface area contributed by atoms with Gasteiger partial charge in [-0.1, -0.05) is 23.7 Å². The molecule has 0 radical (unpaired) electrons. The zero-order valence-electron chi connectivity index (χ0n) is 12.2. The minimum Gasteiger partial charge on any atom is -0.396 e. The van der Waals surface area contributed by atoms with E-state index < -0.39 is 0 Å². The average molecular weight is 339 g/mol. The van der Waals surface area contributed by atoms with E-state index in [2.05, 4.69) is 10.3 Å². The molecule has 1 aliphatic rings. The van der Waals surface area contributed by atoms with Crippen LogP contribution in [0.4, 0.5) is 0 Å². The quantitative estimate of drug-likeness (QED) is 0.849. The van der Waals surface area contributed by atoms with Crippen LogP contribution in [0.5, 0.6) is 0 Å². The van der Waals surface area contributed by atoms with Crippen molar-refractivity contribution >= 4 is 22.9 Å². The number of halogens is 1. The van der Waals surface area contributed by atoms with Gasteiger partial charge >= 0.3 is 0 Å².